The molecule has 1 unspecified atom stereocenters. The molecule has 1 aliphatic carbocycles. The summed E-state index contributed by atoms with van der Waals surface area (Å²) in [5.74, 6) is 2.12. The molecule has 0 heterocycles. The second kappa shape index (κ2) is 13.1. The van der Waals surface area contributed by atoms with Crippen molar-refractivity contribution in [1.82, 2.24) is 0 Å². The van der Waals surface area contributed by atoms with E-state index in [1.54, 1.807) is 0 Å². The van der Waals surface area contributed by atoms with Crippen molar-refractivity contribution in [2.45, 2.75) is 92.9 Å². The molecule has 0 spiro atoms. The van der Waals surface area contributed by atoms with E-state index in [1.807, 2.05) is 13.8 Å². The third-order valence-corrected chi connectivity index (χ3v) is 3.67. The van der Waals surface area contributed by atoms with Gasteiger partial charge in [-0.3, -0.25) is 0 Å². The summed E-state index contributed by atoms with van der Waals surface area (Å²) in [6, 6.07) is 0. The molecule has 0 aromatic rings. The van der Waals surface area contributed by atoms with Crippen LogP contribution in [-0.4, -0.2) is 0 Å². The van der Waals surface area contributed by atoms with Crippen LogP contribution in [0.25, 0.3) is 0 Å². The van der Waals surface area contributed by atoms with Gasteiger partial charge in [0, 0.05) is 0 Å². The molecule has 100 valence electrons. The summed E-state index contributed by atoms with van der Waals surface area (Å²) < 4.78 is 0. The largest absolute Gasteiger partial charge is 0.0776 e. The lowest BCUT2D eigenvalue weighted by molar-refractivity contribution is 0.273. The molecule has 0 nitrogen and oxygen atoms in total. The Hall–Kier alpha value is 0. The number of rotatable bonds is 5. The molecule has 0 amide bonds. The molecule has 0 heteroatoms. The quantitative estimate of drug-likeness (QED) is 0.507. The first-order valence-corrected chi connectivity index (χ1v) is 7.36. The molecule has 1 fully saturated rings. The topological polar surface area (TPSA) is 0 Å². The highest BCUT2D eigenvalue weighted by Gasteiger charge is 2.17. The van der Waals surface area contributed by atoms with E-state index in [1.165, 1.54) is 57.8 Å². The standard InChI is InChI=1S/C13H26.C2H6.CH4/c1-3-8-12(4-2)11-13-9-6-5-7-10-13;1-2;/h12-13H,3-11H2,1-2H3;1-2H3;1H4. The van der Waals surface area contributed by atoms with Gasteiger partial charge in [-0.05, 0) is 18.3 Å². The summed E-state index contributed by atoms with van der Waals surface area (Å²) in [5, 5.41) is 0. The van der Waals surface area contributed by atoms with Crippen LogP contribution in [0.3, 0.4) is 0 Å². The first-order chi connectivity index (χ1) is 7.36. The summed E-state index contributed by atoms with van der Waals surface area (Å²) in [6.45, 7) is 8.69. The second-order valence-corrected chi connectivity index (χ2v) is 4.80. The van der Waals surface area contributed by atoms with E-state index in [4.69, 9.17) is 0 Å². The Morgan fingerprint density at radius 3 is 2.00 bits per heavy atom. The average Bonchev–Trinajstić information content (AvgIpc) is 2.32. The Kier molecular flexibility index (Phi) is 15.0. The minimum Gasteiger partial charge on any atom is -0.0776 e. The van der Waals surface area contributed by atoms with E-state index in [9.17, 15) is 0 Å². The maximum Gasteiger partial charge on any atom is -0.0412 e. The molecule has 0 radical (unpaired) electrons. The summed E-state index contributed by atoms with van der Waals surface area (Å²) in [7, 11) is 0. The number of hydrogen-bond donors (Lipinski definition) is 0. The summed E-state index contributed by atoms with van der Waals surface area (Å²) in [6.07, 6.45) is 13.4. The summed E-state index contributed by atoms with van der Waals surface area (Å²) >= 11 is 0. The van der Waals surface area contributed by atoms with Crippen molar-refractivity contribution in [3.63, 3.8) is 0 Å². The van der Waals surface area contributed by atoms with Crippen LogP contribution < -0.4 is 0 Å². The Morgan fingerprint density at radius 2 is 1.56 bits per heavy atom. The predicted octanol–water partition coefficient (Wildman–Crippen LogP) is 6.45. The van der Waals surface area contributed by atoms with Crippen LogP contribution in [0.1, 0.15) is 92.9 Å². The Morgan fingerprint density at radius 1 is 1.00 bits per heavy atom. The van der Waals surface area contributed by atoms with Gasteiger partial charge in [-0.2, -0.15) is 0 Å². The highest BCUT2D eigenvalue weighted by Crippen LogP contribution is 2.31. The summed E-state index contributed by atoms with van der Waals surface area (Å²) in [5.41, 5.74) is 0. The lowest BCUT2D eigenvalue weighted by Gasteiger charge is -2.25. The lowest BCUT2D eigenvalue weighted by Crippen LogP contribution is -2.11. The molecule has 16 heavy (non-hydrogen) atoms. The minimum absolute atomic E-state index is 0. The highest BCUT2D eigenvalue weighted by atomic mass is 14.2. The van der Waals surface area contributed by atoms with Crippen molar-refractivity contribution in [3.05, 3.63) is 0 Å². The van der Waals surface area contributed by atoms with Crippen molar-refractivity contribution < 1.29 is 0 Å². The first-order valence-electron chi connectivity index (χ1n) is 7.36. The average molecular weight is 228 g/mol. The molecular weight excluding hydrogens is 192 g/mol. The SMILES string of the molecule is C.CC.CCCC(CC)CC1CCCCC1. The molecule has 0 aromatic heterocycles. The zero-order chi connectivity index (χ0) is 11.5. The van der Waals surface area contributed by atoms with Gasteiger partial charge in [0.25, 0.3) is 0 Å². The van der Waals surface area contributed by atoms with Crippen LogP contribution in [0.4, 0.5) is 0 Å². The lowest BCUT2D eigenvalue weighted by atomic mass is 9.81. The third-order valence-electron chi connectivity index (χ3n) is 3.67. The van der Waals surface area contributed by atoms with Crippen LogP contribution in [0.2, 0.25) is 0 Å². The van der Waals surface area contributed by atoms with Crippen molar-refractivity contribution in [2.24, 2.45) is 11.8 Å². The Labute approximate surface area is 105 Å². The fraction of sp³-hybridized carbons (Fsp3) is 1.00. The zero-order valence-corrected chi connectivity index (χ0v) is 11.5. The maximum absolute atomic E-state index is 2.36. The van der Waals surface area contributed by atoms with Crippen LogP contribution >= 0.6 is 0 Å². The van der Waals surface area contributed by atoms with Crippen LogP contribution in [0.15, 0.2) is 0 Å². The second-order valence-electron chi connectivity index (χ2n) is 4.80. The van der Waals surface area contributed by atoms with Gasteiger partial charge in [0.1, 0.15) is 0 Å². The normalized spacial score (nSPS) is 18.0. The van der Waals surface area contributed by atoms with E-state index < -0.39 is 0 Å². The molecule has 1 rings (SSSR count). The van der Waals surface area contributed by atoms with E-state index in [0.717, 1.165) is 11.8 Å². The van der Waals surface area contributed by atoms with E-state index in [0.29, 0.717) is 0 Å². The first kappa shape index (κ1) is 18.4. The third kappa shape index (κ3) is 8.19. The van der Waals surface area contributed by atoms with Gasteiger partial charge < -0.3 is 0 Å². The highest BCUT2D eigenvalue weighted by molar-refractivity contribution is 4.69. The van der Waals surface area contributed by atoms with Gasteiger partial charge in [-0.25, -0.2) is 0 Å². The Bertz CT molecular complexity index is 108. The fourth-order valence-corrected chi connectivity index (χ4v) is 2.79. The molecular formula is C16H36. The van der Waals surface area contributed by atoms with Crippen molar-refractivity contribution in [1.29, 1.82) is 0 Å². The van der Waals surface area contributed by atoms with Crippen molar-refractivity contribution in [2.75, 3.05) is 0 Å². The van der Waals surface area contributed by atoms with E-state index in [-0.39, 0.29) is 7.43 Å². The fourth-order valence-electron chi connectivity index (χ4n) is 2.79. The van der Waals surface area contributed by atoms with Gasteiger partial charge >= 0.3 is 0 Å². The van der Waals surface area contributed by atoms with E-state index >= 15 is 0 Å². The van der Waals surface area contributed by atoms with Crippen molar-refractivity contribution >= 4 is 0 Å². The van der Waals surface area contributed by atoms with Gasteiger partial charge in [-0.1, -0.05) is 86.5 Å². The molecule has 0 N–H and O–H groups in total. The molecule has 1 saturated carbocycles. The molecule has 1 aliphatic rings. The molecule has 0 bridgehead atoms. The van der Waals surface area contributed by atoms with Crippen LogP contribution in [-0.2, 0) is 0 Å². The molecule has 0 saturated heterocycles. The molecule has 0 aliphatic heterocycles. The zero-order valence-electron chi connectivity index (χ0n) is 11.5. The smallest absolute Gasteiger partial charge is 0.0412 e. The monoisotopic (exact) mass is 228 g/mol. The van der Waals surface area contributed by atoms with E-state index in [2.05, 4.69) is 13.8 Å². The van der Waals surface area contributed by atoms with Crippen LogP contribution in [0, 0.1) is 11.8 Å². The number of hydrogen-bond acceptors (Lipinski definition) is 0. The Balaban J connectivity index is 0. The predicted molar refractivity (Wildman–Crippen MR) is 78.0 cm³/mol. The molecule has 0 aromatic carbocycles. The van der Waals surface area contributed by atoms with Crippen LogP contribution in [0.5, 0.6) is 0 Å². The van der Waals surface area contributed by atoms with Crippen molar-refractivity contribution in [3.8, 4) is 0 Å². The van der Waals surface area contributed by atoms with Gasteiger partial charge in [-0.15, -0.1) is 0 Å². The van der Waals surface area contributed by atoms with Gasteiger partial charge in [0.2, 0.25) is 0 Å². The van der Waals surface area contributed by atoms with Gasteiger partial charge in [0.15, 0.2) is 0 Å². The van der Waals surface area contributed by atoms with Gasteiger partial charge in [0.05, 0.1) is 0 Å². The maximum atomic E-state index is 2.36. The summed E-state index contributed by atoms with van der Waals surface area (Å²) in [4.78, 5) is 0. The molecule has 1 atom stereocenters. The minimum atomic E-state index is 0.